The van der Waals surface area contributed by atoms with Crippen molar-refractivity contribution in [2.75, 3.05) is 33.9 Å². The lowest BCUT2D eigenvalue weighted by Gasteiger charge is -2.46. The maximum atomic E-state index is 6.24. The lowest BCUT2D eigenvalue weighted by molar-refractivity contribution is -0.119. The zero-order valence-electron chi connectivity index (χ0n) is 15.8. The van der Waals surface area contributed by atoms with E-state index in [1.807, 2.05) is 18.3 Å². The Kier molecular flexibility index (Phi) is 5.11. The molecule has 4 rings (SSSR count). The largest absolute Gasteiger partial charge is 0.494 e. The van der Waals surface area contributed by atoms with E-state index in [4.69, 9.17) is 9.47 Å². The quantitative estimate of drug-likeness (QED) is 0.914. The molecule has 5 heteroatoms. The van der Waals surface area contributed by atoms with Crippen LogP contribution in [0.15, 0.2) is 30.5 Å². The van der Waals surface area contributed by atoms with Gasteiger partial charge in [-0.25, -0.2) is 0 Å². The van der Waals surface area contributed by atoms with E-state index in [0.29, 0.717) is 6.04 Å². The van der Waals surface area contributed by atoms with Crippen LogP contribution in [0.25, 0.3) is 10.9 Å². The Morgan fingerprint density at radius 2 is 2.15 bits per heavy atom. The van der Waals surface area contributed by atoms with Gasteiger partial charge in [0.05, 0.1) is 12.7 Å². The van der Waals surface area contributed by atoms with Crippen LogP contribution in [-0.4, -0.2) is 55.4 Å². The van der Waals surface area contributed by atoms with E-state index in [0.717, 1.165) is 63.2 Å². The Morgan fingerprint density at radius 1 is 1.31 bits per heavy atom. The summed E-state index contributed by atoms with van der Waals surface area (Å²) < 4.78 is 11.7. The first-order chi connectivity index (χ1) is 12.7. The highest BCUT2D eigenvalue weighted by atomic mass is 16.5. The molecule has 2 aromatic rings. The van der Waals surface area contributed by atoms with Crippen molar-refractivity contribution >= 4 is 10.9 Å². The van der Waals surface area contributed by atoms with Gasteiger partial charge < -0.3 is 14.8 Å². The van der Waals surface area contributed by atoms with Gasteiger partial charge in [-0.2, -0.15) is 0 Å². The molecule has 0 saturated carbocycles. The van der Waals surface area contributed by atoms with Crippen molar-refractivity contribution in [1.29, 1.82) is 0 Å². The van der Waals surface area contributed by atoms with E-state index >= 15 is 0 Å². The molecule has 2 aliphatic rings. The zero-order valence-corrected chi connectivity index (χ0v) is 15.8. The Morgan fingerprint density at radius 3 is 2.96 bits per heavy atom. The van der Waals surface area contributed by atoms with Gasteiger partial charge in [-0.15, -0.1) is 0 Å². The molecule has 0 amide bonds. The number of aromatic nitrogens is 1. The molecule has 3 heterocycles. The molecule has 0 radical (unpaired) electrons. The molecule has 0 aliphatic carbocycles. The lowest BCUT2D eigenvalue weighted by Crippen LogP contribution is -2.52. The van der Waals surface area contributed by atoms with Gasteiger partial charge in [0.2, 0.25) is 0 Å². The molecule has 1 N–H and O–H groups in total. The van der Waals surface area contributed by atoms with Gasteiger partial charge in [-0.05, 0) is 63.5 Å². The van der Waals surface area contributed by atoms with E-state index in [2.05, 4.69) is 34.4 Å². The van der Waals surface area contributed by atoms with Crippen LogP contribution in [0, 0.1) is 0 Å². The van der Waals surface area contributed by atoms with Crippen LogP contribution in [0.5, 0.6) is 5.75 Å². The van der Waals surface area contributed by atoms with E-state index in [-0.39, 0.29) is 5.60 Å². The van der Waals surface area contributed by atoms with E-state index in [1.54, 1.807) is 7.11 Å². The van der Waals surface area contributed by atoms with E-state index < -0.39 is 0 Å². The van der Waals surface area contributed by atoms with Crippen LogP contribution in [0.1, 0.15) is 31.2 Å². The fraction of sp³-hybridized carbons (Fsp3) is 0.571. The van der Waals surface area contributed by atoms with Crippen LogP contribution in [-0.2, 0) is 11.3 Å². The standard InChI is InChI=1S/C21H29N3O2/c1-24(17-7-13-26-21(14-17)8-11-22-12-9-21)15-16-5-6-19(25-2)20-18(16)4-3-10-23-20/h3-6,10,17,22H,7-9,11-15H2,1-2H3. The van der Waals surface area contributed by atoms with Crippen molar-refractivity contribution in [1.82, 2.24) is 15.2 Å². The van der Waals surface area contributed by atoms with Gasteiger partial charge in [-0.3, -0.25) is 9.88 Å². The predicted octanol–water partition coefficient (Wildman–Crippen LogP) is 2.98. The van der Waals surface area contributed by atoms with Crippen molar-refractivity contribution in [2.24, 2.45) is 0 Å². The summed E-state index contributed by atoms with van der Waals surface area (Å²) in [6.07, 6.45) is 6.34. The minimum atomic E-state index is 0.0892. The first kappa shape index (κ1) is 17.7. The first-order valence-electron chi connectivity index (χ1n) is 9.66. The Bertz CT molecular complexity index is 752. The molecule has 140 valence electrons. The number of piperidine rings is 1. The molecule has 2 fully saturated rings. The normalized spacial score (nSPS) is 22.8. The number of nitrogens with zero attached hydrogens (tertiary/aromatic N) is 2. The third-order valence-corrected chi connectivity index (χ3v) is 6.07. The third kappa shape index (κ3) is 3.43. The molecular weight excluding hydrogens is 326 g/mol. The highest BCUT2D eigenvalue weighted by Gasteiger charge is 2.39. The fourth-order valence-corrected chi connectivity index (χ4v) is 4.52. The molecule has 2 aliphatic heterocycles. The molecule has 2 saturated heterocycles. The minimum Gasteiger partial charge on any atom is -0.494 e. The number of pyridine rings is 1. The second-order valence-electron chi connectivity index (χ2n) is 7.67. The first-order valence-corrected chi connectivity index (χ1v) is 9.66. The SMILES string of the molecule is COc1ccc(CN(C)C2CCOC3(CCNCC3)C2)c2cccnc12. The van der Waals surface area contributed by atoms with Crippen molar-refractivity contribution in [3.05, 3.63) is 36.0 Å². The van der Waals surface area contributed by atoms with Crippen LogP contribution < -0.4 is 10.1 Å². The Labute approximate surface area is 155 Å². The molecule has 1 atom stereocenters. The Balaban J connectivity index is 1.53. The van der Waals surface area contributed by atoms with Crippen LogP contribution in [0.3, 0.4) is 0 Å². The fourth-order valence-electron chi connectivity index (χ4n) is 4.52. The molecule has 1 unspecified atom stereocenters. The van der Waals surface area contributed by atoms with E-state index in [9.17, 15) is 0 Å². The maximum absolute atomic E-state index is 6.24. The van der Waals surface area contributed by atoms with Gasteiger partial charge in [0.1, 0.15) is 11.3 Å². The summed E-state index contributed by atoms with van der Waals surface area (Å²) in [4.78, 5) is 7.03. The van der Waals surface area contributed by atoms with Crippen molar-refractivity contribution in [2.45, 2.75) is 43.9 Å². The number of rotatable bonds is 4. The van der Waals surface area contributed by atoms with Gasteiger partial charge >= 0.3 is 0 Å². The van der Waals surface area contributed by atoms with Crippen LogP contribution in [0.2, 0.25) is 0 Å². The van der Waals surface area contributed by atoms with Crippen LogP contribution in [0.4, 0.5) is 0 Å². The molecule has 1 aromatic heterocycles. The second kappa shape index (κ2) is 7.51. The topological polar surface area (TPSA) is 46.6 Å². The molecule has 0 bridgehead atoms. The van der Waals surface area contributed by atoms with Crippen molar-refractivity contribution in [3.8, 4) is 5.75 Å². The number of hydrogen-bond acceptors (Lipinski definition) is 5. The van der Waals surface area contributed by atoms with Gasteiger partial charge in [-0.1, -0.05) is 12.1 Å². The summed E-state index contributed by atoms with van der Waals surface area (Å²) in [5.41, 5.74) is 2.34. The summed E-state index contributed by atoms with van der Waals surface area (Å²) in [6, 6.07) is 8.93. The Hall–Kier alpha value is -1.69. The summed E-state index contributed by atoms with van der Waals surface area (Å²) in [6.45, 7) is 3.95. The van der Waals surface area contributed by atoms with Gasteiger partial charge in [0, 0.05) is 30.8 Å². The van der Waals surface area contributed by atoms with Crippen molar-refractivity contribution in [3.63, 3.8) is 0 Å². The molecule has 26 heavy (non-hydrogen) atoms. The average Bonchev–Trinajstić information content (AvgIpc) is 2.69. The monoisotopic (exact) mass is 355 g/mol. The smallest absolute Gasteiger partial charge is 0.145 e. The molecule has 1 aromatic carbocycles. The molecule has 1 spiro atoms. The van der Waals surface area contributed by atoms with Crippen LogP contribution >= 0.6 is 0 Å². The summed E-state index contributed by atoms with van der Waals surface area (Å²) >= 11 is 0. The average molecular weight is 355 g/mol. The molecular formula is C21H29N3O2. The maximum Gasteiger partial charge on any atom is 0.145 e. The highest BCUT2D eigenvalue weighted by molar-refractivity contribution is 5.87. The summed E-state index contributed by atoms with van der Waals surface area (Å²) in [5.74, 6) is 0.840. The minimum absolute atomic E-state index is 0.0892. The highest BCUT2D eigenvalue weighted by Crippen LogP contribution is 2.35. The predicted molar refractivity (Wildman–Crippen MR) is 104 cm³/mol. The summed E-state index contributed by atoms with van der Waals surface area (Å²) in [7, 11) is 3.95. The lowest BCUT2D eigenvalue weighted by atomic mass is 9.82. The number of benzene rings is 1. The van der Waals surface area contributed by atoms with Gasteiger partial charge in [0.25, 0.3) is 0 Å². The summed E-state index contributed by atoms with van der Waals surface area (Å²) in [5, 5.41) is 4.64. The number of nitrogens with one attached hydrogen (secondary N) is 1. The number of methoxy groups -OCH3 is 1. The second-order valence-corrected chi connectivity index (χ2v) is 7.67. The molecule has 5 nitrogen and oxygen atoms in total. The number of ether oxygens (including phenoxy) is 2. The zero-order chi connectivity index (χ0) is 18.0. The van der Waals surface area contributed by atoms with E-state index in [1.165, 1.54) is 10.9 Å². The van der Waals surface area contributed by atoms with Gasteiger partial charge in [0.15, 0.2) is 0 Å². The third-order valence-electron chi connectivity index (χ3n) is 6.07. The number of fused-ring (bicyclic) bond motifs is 1. The number of hydrogen-bond donors (Lipinski definition) is 1. The van der Waals surface area contributed by atoms with Crippen molar-refractivity contribution < 1.29 is 9.47 Å².